The van der Waals surface area contributed by atoms with E-state index in [2.05, 4.69) is 54.5 Å². The minimum atomic E-state index is 0.387. The topological polar surface area (TPSA) is 24.4 Å². The van der Waals surface area contributed by atoms with Crippen LogP contribution in [0.2, 0.25) is 0 Å². The van der Waals surface area contributed by atoms with Crippen LogP contribution in [-0.4, -0.2) is 17.0 Å². The Hall–Kier alpha value is -0.960. The number of rotatable bonds is 5. The van der Waals surface area contributed by atoms with E-state index < -0.39 is 0 Å². The summed E-state index contributed by atoms with van der Waals surface area (Å²) in [5, 5.41) is 5.40. The van der Waals surface area contributed by atoms with Crippen LogP contribution in [0.4, 0.5) is 0 Å². The fourth-order valence-corrected chi connectivity index (χ4v) is 3.40. The van der Waals surface area contributed by atoms with Gasteiger partial charge in [0.2, 0.25) is 0 Å². The molecule has 18 heavy (non-hydrogen) atoms. The Kier molecular flexibility index (Phi) is 5.12. The molecule has 2 atom stereocenters. The molecule has 1 aliphatic rings. The normalized spacial score (nSPS) is 20.6. The van der Waals surface area contributed by atoms with E-state index >= 15 is 0 Å². The van der Waals surface area contributed by atoms with Gasteiger partial charge in [-0.3, -0.25) is 4.99 Å². The van der Waals surface area contributed by atoms with Crippen LogP contribution in [0.25, 0.3) is 0 Å². The van der Waals surface area contributed by atoms with Crippen LogP contribution in [0.1, 0.15) is 44.7 Å². The predicted octanol–water partition coefficient (Wildman–Crippen LogP) is 4.00. The van der Waals surface area contributed by atoms with E-state index in [9.17, 15) is 0 Å². The zero-order chi connectivity index (χ0) is 12.8. The number of aliphatic imine (C=N–C) groups is 1. The molecule has 0 aliphatic carbocycles. The molecule has 0 aromatic heterocycles. The Bertz CT molecular complexity index is 389. The highest BCUT2D eigenvalue weighted by Crippen LogP contribution is 2.26. The zero-order valence-corrected chi connectivity index (χ0v) is 12.0. The third-order valence-electron chi connectivity index (χ3n) is 3.24. The first kappa shape index (κ1) is 13.5. The lowest BCUT2D eigenvalue weighted by Gasteiger charge is -2.18. The lowest BCUT2D eigenvalue weighted by molar-refractivity contribution is 0.629. The number of hydrogen-bond donors (Lipinski definition) is 1. The summed E-state index contributed by atoms with van der Waals surface area (Å²) >= 11 is 1.91. The predicted molar refractivity (Wildman–Crippen MR) is 81.2 cm³/mol. The monoisotopic (exact) mass is 262 g/mol. The molecule has 0 bridgehead atoms. The van der Waals surface area contributed by atoms with Crippen molar-refractivity contribution in [2.45, 2.75) is 44.4 Å². The van der Waals surface area contributed by atoms with Gasteiger partial charge in [-0.25, -0.2) is 0 Å². The lowest BCUT2D eigenvalue weighted by atomic mass is 10.1. The van der Waals surface area contributed by atoms with Gasteiger partial charge in [0.25, 0.3) is 0 Å². The fourth-order valence-electron chi connectivity index (χ4n) is 2.22. The standard InChI is InChI=1S/C15H22N2S/c1-3-8-13-11-16-15(18-13)17-14(4-2)12-9-6-5-7-10-12/h5-7,9-10,13-14H,3-4,8,11H2,1-2H3,(H,16,17). The van der Waals surface area contributed by atoms with E-state index in [1.807, 2.05) is 11.8 Å². The van der Waals surface area contributed by atoms with Gasteiger partial charge in [-0.05, 0) is 18.4 Å². The first-order valence-electron chi connectivity index (χ1n) is 6.86. The number of nitrogens with zero attached hydrogens (tertiary/aromatic N) is 1. The molecule has 98 valence electrons. The second-order valence-electron chi connectivity index (χ2n) is 4.69. The Morgan fingerprint density at radius 2 is 2.11 bits per heavy atom. The number of hydrogen-bond acceptors (Lipinski definition) is 3. The summed E-state index contributed by atoms with van der Waals surface area (Å²) in [5.41, 5.74) is 1.35. The minimum absolute atomic E-state index is 0.387. The number of nitrogens with one attached hydrogen (secondary N) is 1. The molecule has 0 saturated carbocycles. The maximum Gasteiger partial charge on any atom is 0.157 e. The molecule has 0 amide bonds. The van der Waals surface area contributed by atoms with Crippen LogP contribution < -0.4 is 5.32 Å². The van der Waals surface area contributed by atoms with E-state index in [1.165, 1.54) is 18.4 Å². The average Bonchev–Trinajstić information content (AvgIpc) is 2.85. The molecule has 0 fully saturated rings. The van der Waals surface area contributed by atoms with Crippen molar-refractivity contribution in [3.05, 3.63) is 35.9 Å². The van der Waals surface area contributed by atoms with Crippen molar-refractivity contribution in [1.29, 1.82) is 0 Å². The van der Waals surface area contributed by atoms with Gasteiger partial charge in [0.05, 0.1) is 12.6 Å². The smallest absolute Gasteiger partial charge is 0.157 e. The molecule has 1 aliphatic heterocycles. The van der Waals surface area contributed by atoms with Gasteiger partial charge in [0.15, 0.2) is 5.17 Å². The van der Waals surface area contributed by atoms with E-state index in [0.717, 1.165) is 18.1 Å². The van der Waals surface area contributed by atoms with Crippen LogP contribution in [0.15, 0.2) is 35.3 Å². The van der Waals surface area contributed by atoms with Crippen molar-refractivity contribution >= 4 is 16.9 Å². The van der Waals surface area contributed by atoms with Crippen molar-refractivity contribution in [3.63, 3.8) is 0 Å². The van der Waals surface area contributed by atoms with Crippen LogP contribution in [0.3, 0.4) is 0 Å². The third-order valence-corrected chi connectivity index (χ3v) is 4.42. The largest absolute Gasteiger partial charge is 0.358 e. The van der Waals surface area contributed by atoms with Gasteiger partial charge in [0.1, 0.15) is 0 Å². The summed E-state index contributed by atoms with van der Waals surface area (Å²) in [6.07, 6.45) is 3.60. The molecule has 1 heterocycles. The second-order valence-corrected chi connectivity index (χ2v) is 5.98. The Morgan fingerprint density at radius 1 is 1.33 bits per heavy atom. The average molecular weight is 262 g/mol. The summed E-state index contributed by atoms with van der Waals surface area (Å²) in [5.74, 6) is 0. The Balaban J connectivity index is 1.92. The first-order chi connectivity index (χ1) is 8.83. The Morgan fingerprint density at radius 3 is 2.78 bits per heavy atom. The van der Waals surface area contributed by atoms with Crippen molar-refractivity contribution in [2.24, 2.45) is 4.99 Å². The lowest BCUT2D eigenvalue weighted by Crippen LogP contribution is -2.25. The molecule has 0 spiro atoms. The van der Waals surface area contributed by atoms with Gasteiger partial charge in [-0.1, -0.05) is 62.4 Å². The molecule has 2 nitrogen and oxygen atoms in total. The third kappa shape index (κ3) is 3.52. The van der Waals surface area contributed by atoms with Gasteiger partial charge in [0, 0.05) is 5.25 Å². The van der Waals surface area contributed by atoms with Gasteiger partial charge in [-0.2, -0.15) is 0 Å². The molecule has 1 aromatic rings. The molecule has 1 N–H and O–H groups in total. The number of benzene rings is 1. The highest BCUT2D eigenvalue weighted by Gasteiger charge is 2.20. The SMILES string of the molecule is CCCC1CN=C(NC(CC)c2ccccc2)S1. The van der Waals surface area contributed by atoms with E-state index in [-0.39, 0.29) is 0 Å². The summed E-state index contributed by atoms with van der Waals surface area (Å²) in [7, 11) is 0. The van der Waals surface area contributed by atoms with Gasteiger partial charge >= 0.3 is 0 Å². The first-order valence-corrected chi connectivity index (χ1v) is 7.74. The zero-order valence-electron chi connectivity index (χ0n) is 11.2. The number of amidine groups is 1. The van der Waals surface area contributed by atoms with Gasteiger partial charge in [-0.15, -0.1) is 0 Å². The maximum absolute atomic E-state index is 4.62. The van der Waals surface area contributed by atoms with E-state index in [4.69, 9.17) is 0 Å². The van der Waals surface area contributed by atoms with Gasteiger partial charge < -0.3 is 5.32 Å². The second kappa shape index (κ2) is 6.83. The Labute approximate surface area is 114 Å². The highest BCUT2D eigenvalue weighted by atomic mass is 32.2. The molecule has 2 unspecified atom stereocenters. The summed E-state index contributed by atoms with van der Waals surface area (Å²) in [6, 6.07) is 11.0. The summed E-state index contributed by atoms with van der Waals surface area (Å²) < 4.78 is 0. The molecule has 1 aromatic carbocycles. The molecule has 2 rings (SSSR count). The van der Waals surface area contributed by atoms with Crippen molar-refractivity contribution < 1.29 is 0 Å². The fraction of sp³-hybridized carbons (Fsp3) is 0.533. The summed E-state index contributed by atoms with van der Waals surface area (Å²) in [6.45, 7) is 5.44. The van der Waals surface area contributed by atoms with Crippen molar-refractivity contribution in [1.82, 2.24) is 5.32 Å². The molecular weight excluding hydrogens is 240 g/mol. The van der Waals surface area contributed by atoms with Crippen LogP contribution in [-0.2, 0) is 0 Å². The van der Waals surface area contributed by atoms with Crippen LogP contribution >= 0.6 is 11.8 Å². The molecule has 0 saturated heterocycles. The van der Waals surface area contributed by atoms with Crippen molar-refractivity contribution in [3.8, 4) is 0 Å². The highest BCUT2D eigenvalue weighted by molar-refractivity contribution is 8.14. The quantitative estimate of drug-likeness (QED) is 0.867. The summed E-state index contributed by atoms with van der Waals surface area (Å²) in [4.78, 5) is 4.62. The van der Waals surface area contributed by atoms with E-state index in [1.54, 1.807) is 0 Å². The van der Waals surface area contributed by atoms with Crippen LogP contribution in [0.5, 0.6) is 0 Å². The van der Waals surface area contributed by atoms with Crippen LogP contribution in [0, 0.1) is 0 Å². The molecule has 3 heteroatoms. The minimum Gasteiger partial charge on any atom is -0.358 e. The number of thioether (sulfide) groups is 1. The van der Waals surface area contributed by atoms with Crippen molar-refractivity contribution in [2.75, 3.05) is 6.54 Å². The molecular formula is C15H22N2S. The molecule has 0 radical (unpaired) electrons. The van der Waals surface area contributed by atoms with E-state index in [0.29, 0.717) is 11.3 Å². The maximum atomic E-state index is 4.62.